The summed E-state index contributed by atoms with van der Waals surface area (Å²) in [5.41, 5.74) is -0.287. The summed E-state index contributed by atoms with van der Waals surface area (Å²) in [5.74, 6) is 0. The number of hydrogen-bond donors (Lipinski definition) is 1. The summed E-state index contributed by atoms with van der Waals surface area (Å²) < 4.78 is 60.8. The van der Waals surface area contributed by atoms with E-state index in [0.29, 0.717) is 5.56 Å². The van der Waals surface area contributed by atoms with Gasteiger partial charge in [-0.2, -0.15) is 13.2 Å². The number of hydrogen-bond acceptors (Lipinski definition) is 2. The first-order chi connectivity index (χ1) is 7.68. The number of rotatable bonds is 4. The molecule has 0 atom stereocenters. The lowest BCUT2D eigenvalue weighted by Crippen LogP contribution is -2.24. The Labute approximate surface area is 97.7 Å². The highest BCUT2D eigenvalue weighted by Gasteiger charge is 2.30. The molecule has 3 nitrogen and oxygen atoms in total. The van der Waals surface area contributed by atoms with Crippen LogP contribution in [0.25, 0.3) is 0 Å². The number of benzene rings is 1. The van der Waals surface area contributed by atoms with Crippen LogP contribution in [0.15, 0.2) is 24.3 Å². The third kappa shape index (κ3) is 5.18. The van der Waals surface area contributed by atoms with Crippen LogP contribution < -0.4 is 4.72 Å². The summed E-state index contributed by atoms with van der Waals surface area (Å²) in [6.45, 7) is 0.0835. The molecule has 0 fully saturated rings. The molecule has 0 amide bonds. The van der Waals surface area contributed by atoms with Gasteiger partial charge in [0.2, 0.25) is 10.0 Å². The van der Waals surface area contributed by atoms with Gasteiger partial charge in [-0.3, -0.25) is 0 Å². The molecule has 0 spiro atoms. The van der Waals surface area contributed by atoms with E-state index in [2.05, 4.69) is 4.72 Å². The van der Waals surface area contributed by atoms with Crippen molar-refractivity contribution < 1.29 is 21.6 Å². The smallest absolute Gasteiger partial charge is 0.215 e. The van der Waals surface area contributed by atoms with Gasteiger partial charge in [0.25, 0.3) is 0 Å². The predicted octanol–water partition coefficient (Wildman–Crippen LogP) is 1.80. The van der Waals surface area contributed by atoms with Gasteiger partial charge in [-0.1, -0.05) is 18.2 Å². The summed E-state index contributed by atoms with van der Waals surface area (Å²) >= 11 is 0. The fourth-order valence-electron chi connectivity index (χ4n) is 1.28. The highest BCUT2D eigenvalue weighted by atomic mass is 32.2. The van der Waals surface area contributed by atoms with Crippen molar-refractivity contribution in [3.8, 4) is 0 Å². The fraction of sp³-hybridized carbons (Fsp3) is 0.400. The van der Waals surface area contributed by atoms with Crippen LogP contribution in [0.3, 0.4) is 0 Å². The first kappa shape index (κ1) is 14.0. The first-order valence-corrected chi connectivity index (χ1v) is 6.68. The van der Waals surface area contributed by atoms with Crippen molar-refractivity contribution in [3.05, 3.63) is 35.4 Å². The van der Waals surface area contributed by atoms with Gasteiger partial charge < -0.3 is 0 Å². The second kappa shape index (κ2) is 5.05. The molecular weight excluding hydrogens is 255 g/mol. The van der Waals surface area contributed by atoms with E-state index in [0.717, 1.165) is 18.4 Å². The largest absolute Gasteiger partial charge is 0.416 e. The molecule has 0 heterocycles. The van der Waals surface area contributed by atoms with Gasteiger partial charge in [0.1, 0.15) is 0 Å². The third-order valence-electron chi connectivity index (χ3n) is 2.03. The van der Waals surface area contributed by atoms with Crippen molar-refractivity contribution in [2.75, 3.05) is 12.8 Å². The quantitative estimate of drug-likeness (QED) is 0.904. The van der Waals surface area contributed by atoms with E-state index >= 15 is 0 Å². The summed E-state index contributed by atoms with van der Waals surface area (Å²) in [4.78, 5) is 0. The first-order valence-electron chi connectivity index (χ1n) is 4.79. The van der Waals surface area contributed by atoms with Crippen molar-refractivity contribution in [1.29, 1.82) is 0 Å². The van der Waals surface area contributed by atoms with E-state index in [9.17, 15) is 21.6 Å². The Kier molecular flexibility index (Phi) is 4.16. The molecule has 96 valence electrons. The van der Waals surface area contributed by atoms with E-state index in [4.69, 9.17) is 0 Å². The minimum atomic E-state index is -4.37. The maximum absolute atomic E-state index is 12.4. The second-order valence-corrected chi connectivity index (χ2v) is 5.45. The SMILES string of the molecule is CS(=O)(=O)NCCc1cccc(C(F)(F)F)c1. The predicted molar refractivity (Wildman–Crippen MR) is 58.0 cm³/mol. The lowest BCUT2D eigenvalue weighted by molar-refractivity contribution is -0.137. The molecule has 0 aromatic heterocycles. The molecule has 1 N–H and O–H groups in total. The molecule has 0 aliphatic heterocycles. The van der Waals surface area contributed by atoms with Crippen molar-refractivity contribution in [2.45, 2.75) is 12.6 Å². The molecule has 1 aromatic carbocycles. The van der Waals surface area contributed by atoms with E-state index in [1.54, 1.807) is 0 Å². The van der Waals surface area contributed by atoms with Gasteiger partial charge in [0, 0.05) is 6.54 Å². The standard InChI is InChI=1S/C10H12F3NO2S/c1-17(15,16)14-6-5-8-3-2-4-9(7-8)10(11,12)13/h2-4,7,14H,5-6H2,1H3. The van der Waals surface area contributed by atoms with Gasteiger partial charge in [-0.05, 0) is 18.1 Å². The molecule has 1 aromatic rings. The molecule has 0 aliphatic carbocycles. The minimum absolute atomic E-state index is 0.0835. The second-order valence-electron chi connectivity index (χ2n) is 3.61. The van der Waals surface area contributed by atoms with E-state index < -0.39 is 21.8 Å². The van der Waals surface area contributed by atoms with Gasteiger partial charge in [0.05, 0.1) is 11.8 Å². The van der Waals surface area contributed by atoms with Crippen molar-refractivity contribution in [1.82, 2.24) is 4.72 Å². The van der Waals surface area contributed by atoms with Crippen LogP contribution in [-0.4, -0.2) is 21.2 Å². The molecule has 7 heteroatoms. The van der Waals surface area contributed by atoms with Crippen LogP contribution >= 0.6 is 0 Å². The Morgan fingerprint density at radius 2 is 1.94 bits per heavy atom. The van der Waals surface area contributed by atoms with Crippen LogP contribution in [0.2, 0.25) is 0 Å². The summed E-state index contributed by atoms with van der Waals surface area (Å²) in [7, 11) is -3.31. The lowest BCUT2D eigenvalue weighted by atomic mass is 10.1. The van der Waals surface area contributed by atoms with Gasteiger partial charge in [-0.25, -0.2) is 13.1 Å². The number of alkyl halides is 3. The Bertz CT molecular complexity index is 483. The average molecular weight is 267 g/mol. The highest BCUT2D eigenvalue weighted by Crippen LogP contribution is 2.29. The van der Waals surface area contributed by atoms with Crippen molar-refractivity contribution in [2.24, 2.45) is 0 Å². The Hall–Kier alpha value is -1.08. The van der Waals surface area contributed by atoms with Crippen LogP contribution in [-0.2, 0) is 22.6 Å². The molecule has 17 heavy (non-hydrogen) atoms. The molecule has 0 saturated carbocycles. The molecule has 0 radical (unpaired) electrons. The number of nitrogens with one attached hydrogen (secondary N) is 1. The topological polar surface area (TPSA) is 46.2 Å². The molecule has 0 aliphatic rings. The van der Waals surface area contributed by atoms with Gasteiger partial charge in [-0.15, -0.1) is 0 Å². The summed E-state index contributed by atoms with van der Waals surface area (Å²) in [5, 5.41) is 0. The van der Waals surface area contributed by atoms with Gasteiger partial charge in [0.15, 0.2) is 0 Å². The Morgan fingerprint density at radius 3 is 2.47 bits per heavy atom. The van der Waals surface area contributed by atoms with Crippen LogP contribution in [0.5, 0.6) is 0 Å². The fourth-order valence-corrected chi connectivity index (χ4v) is 1.76. The number of sulfonamides is 1. The maximum atomic E-state index is 12.4. The lowest BCUT2D eigenvalue weighted by Gasteiger charge is -2.08. The zero-order chi connectivity index (χ0) is 13.1. The minimum Gasteiger partial charge on any atom is -0.215 e. The molecule has 1 rings (SSSR count). The van der Waals surface area contributed by atoms with Crippen LogP contribution in [0.4, 0.5) is 13.2 Å². The van der Waals surface area contributed by atoms with Crippen molar-refractivity contribution >= 4 is 10.0 Å². The summed E-state index contributed by atoms with van der Waals surface area (Å²) in [6.07, 6.45) is -3.16. The van der Waals surface area contributed by atoms with E-state index in [1.165, 1.54) is 12.1 Å². The van der Waals surface area contributed by atoms with Gasteiger partial charge >= 0.3 is 6.18 Å². The normalized spacial score (nSPS) is 12.7. The van der Waals surface area contributed by atoms with Crippen molar-refractivity contribution in [3.63, 3.8) is 0 Å². The van der Waals surface area contributed by atoms with E-state index in [1.807, 2.05) is 0 Å². The zero-order valence-corrected chi connectivity index (χ0v) is 9.90. The highest BCUT2D eigenvalue weighted by molar-refractivity contribution is 7.88. The third-order valence-corrected chi connectivity index (χ3v) is 2.76. The molecular formula is C10H12F3NO2S. The van der Waals surface area contributed by atoms with Crippen LogP contribution in [0, 0.1) is 0 Å². The average Bonchev–Trinajstić information content (AvgIpc) is 2.15. The zero-order valence-electron chi connectivity index (χ0n) is 9.08. The summed E-state index contributed by atoms with van der Waals surface area (Å²) in [6, 6.07) is 4.83. The Balaban J connectivity index is 2.67. The molecule has 0 unspecified atom stereocenters. The molecule has 0 saturated heterocycles. The maximum Gasteiger partial charge on any atom is 0.416 e. The Morgan fingerprint density at radius 1 is 1.29 bits per heavy atom. The van der Waals surface area contributed by atoms with E-state index in [-0.39, 0.29) is 13.0 Å². The number of halogens is 3. The monoisotopic (exact) mass is 267 g/mol. The van der Waals surface area contributed by atoms with Crippen LogP contribution in [0.1, 0.15) is 11.1 Å². The molecule has 0 bridgehead atoms.